The molecule has 1 unspecified atom stereocenters. The predicted molar refractivity (Wildman–Crippen MR) is 145 cm³/mol. The minimum atomic E-state index is 0. The van der Waals surface area contributed by atoms with Gasteiger partial charge in [0.25, 0.3) is 0 Å². The third-order valence-electron chi connectivity index (χ3n) is 6.40. The molecule has 2 aliphatic heterocycles. The fourth-order valence-electron chi connectivity index (χ4n) is 4.56. The third-order valence-corrected chi connectivity index (χ3v) is 7.30. The summed E-state index contributed by atoms with van der Waals surface area (Å²) in [4.78, 5) is 14.7. The molecule has 1 saturated heterocycles. The number of ether oxygens (including phenoxy) is 1. The van der Waals surface area contributed by atoms with Crippen LogP contribution in [0.1, 0.15) is 22.7 Å². The molecule has 1 atom stereocenters. The van der Waals surface area contributed by atoms with E-state index in [-0.39, 0.29) is 24.8 Å². The van der Waals surface area contributed by atoms with E-state index in [2.05, 4.69) is 53.5 Å². The molecule has 0 amide bonds. The molecular formula is C25H31Cl2N5OS. The van der Waals surface area contributed by atoms with Gasteiger partial charge in [0, 0.05) is 43.3 Å². The molecule has 1 aromatic carbocycles. The van der Waals surface area contributed by atoms with E-state index in [0.29, 0.717) is 6.04 Å². The van der Waals surface area contributed by atoms with Gasteiger partial charge in [0.05, 0.1) is 23.2 Å². The Balaban J connectivity index is 0.00000162. The van der Waals surface area contributed by atoms with Crippen LogP contribution in [-0.4, -0.2) is 59.6 Å². The number of aryl methyl sites for hydroxylation is 2. The average molecular weight is 521 g/mol. The molecule has 1 N–H and O–H groups in total. The van der Waals surface area contributed by atoms with Crippen LogP contribution in [0.3, 0.4) is 0 Å². The lowest BCUT2D eigenvalue weighted by Gasteiger charge is -2.41. The normalized spacial score (nSPS) is 17.2. The maximum atomic E-state index is 5.29. The van der Waals surface area contributed by atoms with E-state index in [9.17, 15) is 0 Å². The lowest BCUT2D eigenvalue weighted by molar-refractivity contribution is 0.127. The number of anilines is 1. The van der Waals surface area contributed by atoms with Crippen molar-refractivity contribution in [1.29, 1.82) is 0 Å². The van der Waals surface area contributed by atoms with E-state index in [0.717, 1.165) is 70.2 Å². The number of benzene rings is 1. The molecule has 2 aliphatic rings. The van der Waals surface area contributed by atoms with Gasteiger partial charge in [-0.25, -0.2) is 4.98 Å². The minimum Gasteiger partial charge on any atom is -0.497 e. The van der Waals surface area contributed by atoms with Crippen LogP contribution in [0.4, 0.5) is 5.00 Å². The van der Waals surface area contributed by atoms with Gasteiger partial charge in [-0.05, 0) is 56.6 Å². The maximum Gasteiger partial charge on any atom is 0.124 e. The summed E-state index contributed by atoms with van der Waals surface area (Å²) in [5.74, 6) is 0.908. The first-order valence-corrected chi connectivity index (χ1v) is 11.9. The summed E-state index contributed by atoms with van der Waals surface area (Å²) in [7, 11) is 3.95. The van der Waals surface area contributed by atoms with Crippen LogP contribution in [0.15, 0.2) is 42.6 Å². The molecular weight excluding hydrogens is 489 g/mol. The summed E-state index contributed by atoms with van der Waals surface area (Å²) in [5.41, 5.74) is 3.53. The number of pyridine rings is 1. The summed E-state index contributed by atoms with van der Waals surface area (Å²) in [6.45, 7) is 5.03. The van der Waals surface area contributed by atoms with E-state index in [1.165, 1.54) is 5.56 Å². The van der Waals surface area contributed by atoms with E-state index >= 15 is 0 Å². The second-order valence-corrected chi connectivity index (χ2v) is 9.66. The first-order chi connectivity index (χ1) is 15.6. The van der Waals surface area contributed by atoms with Gasteiger partial charge >= 0.3 is 0 Å². The van der Waals surface area contributed by atoms with Crippen LogP contribution in [0.25, 0.3) is 11.9 Å². The van der Waals surface area contributed by atoms with Crippen LogP contribution in [-0.2, 0) is 6.42 Å². The Morgan fingerprint density at radius 1 is 1.15 bits per heavy atom. The average Bonchev–Trinajstić information content (AvgIpc) is 3.11. The smallest absolute Gasteiger partial charge is 0.124 e. The van der Waals surface area contributed by atoms with E-state index in [1.807, 2.05) is 24.4 Å². The van der Waals surface area contributed by atoms with E-state index in [4.69, 9.17) is 14.7 Å². The molecule has 4 heterocycles. The van der Waals surface area contributed by atoms with Gasteiger partial charge in [-0.2, -0.15) is 0 Å². The van der Waals surface area contributed by atoms with Gasteiger partial charge in [0.1, 0.15) is 16.4 Å². The van der Waals surface area contributed by atoms with Crippen LogP contribution in [0, 0.1) is 6.92 Å². The molecule has 3 aromatic rings. The highest BCUT2D eigenvalue weighted by Gasteiger charge is 2.29. The second-order valence-electron chi connectivity index (χ2n) is 8.46. The highest BCUT2D eigenvalue weighted by molar-refractivity contribution is 7.16. The summed E-state index contributed by atoms with van der Waals surface area (Å²) in [5, 5.41) is 7.77. The first kappa shape index (κ1) is 26.3. The van der Waals surface area contributed by atoms with Gasteiger partial charge in [-0.3, -0.25) is 9.88 Å². The van der Waals surface area contributed by atoms with E-state index < -0.39 is 0 Å². The topological polar surface area (TPSA) is 53.5 Å². The zero-order chi connectivity index (χ0) is 22.1. The minimum absolute atomic E-state index is 0. The Morgan fingerprint density at radius 2 is 1.94 bits per heavy atom. The molecule has 2 aromatic heterocycles. The van der Waals surface area contributed by atoms with Crippen molar-refractivity contribution in [3.8, 4) is 5.75 Å². The standard InChI is InChI=1S/C25H29N5OS.2ClH/c1-17-28-23-24(22-19(5-4-12-26-22)15-27-25(23)32-17)30-14-13-29(2)20(16-30)9-6-18-7-10-21(31-3)11-8-18;;/h4-5,7-8,10-12,15,20,27H,6,9,13-14,16H2,1-3H3;2*1H. The van der Waals surface area contributed by atoms with Crippen LogP contribution in [0.5, 0.6) is 5.75 Å². The first-order valence-electron chi connectivity index (χ1n) is 11.1. The summed E-state index contributed by atoms with van der Waals surface area (Å²) in [6, 6.07) is 13.0. The molecule has 182 valence electrons. The molecule has 6 nitrogen and oxygen atoms in total. The van der Waals surface area contributed by atoms with Crippen molar-refractivity contribution in [2.75, 3.05) is 39.1 Å². The third kappa shape index (κ3) is 5.33. The number of hydrogen-bond acceptors (Lipinski definition) is 7. The van der Waals surface area contributed by atoms with Crippen molar-refractivity contribution in [2.45, 2.75) is 25.8 Å². The molecule has 9 heteroatoms. The fourth-order valence-corrected chi connectivity index (χ4v) is 5.35. The Kier molecular flexibility index (Phi) is 8.82. The highest BCUT2D eigenvalue weighted by atomic mass is 35.5. The van der Waals surface area contributed by atoms with Gasteiger partial charge < -0.3 is 15.0 Å². The number of methoxy groups -OCH3 is 1. The number of piperazine rings is 1. The molecule has 0 saturated carbocycles. The Morgan fingerprint density at radius 3 is 2.71 bits per heavy atom. The number of nitrogens with one attached hydrogen (secondary N) is 1. The zero-order valence-corrected chi connectivity index (χ0v) is 22.1. The SMILES string of the molecule is COc1ccc(CCC2CN(C3=c4ncccc4=CNc4sc(C)nc43)CCN2C)cc1.Cl.Cl. The van der Waals surface area contributed by atoms with Crippen LogP contribution < -0.4 is 20.6 Å². The molecule has 1 fully saturated rings. The van der Waals surface area contributed by atoms with Gasteiger partial charge in [0.15, 0.2) is 0 Å². The number of rotatable bonds is 5. The van der Waals surface area contributed by atoms with Gasteiger partial charge in [-0.1, -0.05) is 12.1 Å². The van der Waals surface area contributed by atoms with Crippen molar-refractivity contribution in [3.63, 3.8) is 0 Å². The Bertz CT molecular complexity index is 1230. The molecule has 0 bridgehead atoms. The number of hydrogen-bond donors (Lipinski definition) is 1. The molecule has 0 spiro atoms. The van der Waals surface area contributed by atoms with Crippen molar-refractivity contribution in [1.82, 2.24) is 19.8 Å². The lowest BCUT2D eigenvalue weighted by atomic mass is 10.0. The number of likely N-dealkylation sites (N-methyl/N-ethyl adjacent to an activating group) is 1. The number of thiazole rings is 1. The number of aromatic nitrogens is 2. The summed E-state index contributed by atoms with van der Waals surface area (Å²) >= 11 is 1.70. The van der Waals surface area contributed by atoms with Crippen LogP contribution in [0.2, 0.25) is 0 Å². The molecule has 5 rings (SSSR count). The molecule has 34 heavy (non-hydrogen) atoms. The fraction of sp³-hybridized carbons (Fsp3) is 0.360. The highest BCUT2D eigenvalue weighted by Crippen LogP contribution is 2.32. The van der Waals surface area contributed by atoms with Crippen molar-refractivity contribution in [3.05, 3.63) is 69.4 Å². The Hall–Kier alpha value is -2.32. The van der Waals surface area contributed by atoms with Gasteiger partial charge in [0.2, 0.25) is 0 Å². The Labute approximate surface area is 217 Å². The quantitative estimate of drug-likeness (QED) is 0.558. The van der Waals surface area contributed by atoms with Gasteiger partial charge in [-0.15, -0.1) is 36.2 Å². The summed E-state index contributed by atoms with van der Waals surface area (Å²) < 4.78 is 5.29. The monoisotopic (exact) mass is 519 g/mol. The number of fused-ring (bicyclic) bond motifs is 2. The lowest BCUT2D eigenvalue weighted by Crippen LogP contribution is -2.52. The van der Waals surface area contributed by atoms with Crippen molar-refractivity contribution >= 4 is 53.0 Å². The predicted octanol–water partition coefficient (Wildman–Crippen LogP) is 3.27. The number of nitrogens with zero attached hydrogens (tertiary/aromatic N) is 4. The zero-order valence-electron chi connectivity index (χ0n) is 19.7. The molecule has 0 aliphatic carbocycles. The van der Waals surface area contributed by atoms with Crippen molar-refractivity contribution in [2.24, 2.45) is 0 Å². The maximum absolute atomic E-state index is 5.29. The summed E-state index contributed by atoms with van der Waals surface area (Å²) in [6.07, 6.45) is 6.10. The van der Waals surface area contributed by atoms with Crippen molar-refractivity contribution < 1.29 is 4.74 Å². The second kappa shape index (κ2) is 11.4. The largest absolute Gasteiger partial charge is 0.497 e. The van der Waals surface area contributed by atoms with E-state index in [1.54, 1.807) is 18.4 Å². The number of halogens is 2. The van der Waals surface area contributed by atoms with Crippen LogP contribution >= 0.6 is 36.2 Å². The molecule has 0 radical (unpaired) electrons.